The van der Waals surface area contributed by atoms with E-state index in [0.717, 1.165) is 10.9 Å². The van der Waals surface area contributed by atoms with E-state index in [1.807, 2.05) is 19.1 Å². The SMILES string of the molecule is Cc1cc(N)c2occc2c1Cl. The summed E-state index contributed by atoms with van der Waals surface area (Å²) in [5.41, 5.74) is 8.00. The predicted octanol–water partition coefficient (Wildman–Crippen LogP) is 2.98. The molecule has 12 heavy (non-hydrogen) atoms. The van der Waals surface area contributed by atoms with E-state index in [1.165, 1.54) is 0 Å². The Bertz CT molecular complexity index is 433. The van der Waals surface area contributed by atoms with E-state index in [9.17, 15) is 0 Å². The fourth-order valence-electron chi connectivity index (χ4n) is 1.28. The van der Waals surface area contributed by atoms with E-state index in [4.69, 9.17) is 21.8 Å². The van der Waals surface area contributed by atoms with E-state index in [0.29, 0.717) is 16.3 Å². The molecule has 0 aliphatic heterocycles. The smallest absolute Gasteiger partial charge is 0.158 e. The number of nitrogen functional groups attached to an aromatic ring is 1. The molecule has 1 heterocycles. The van der Waals surface area contributed by atoms with Crippen LogP contribution in [0.25, 0.3) is 11.0 Å². The highest BCUT2D eigenvalue weighted by molar-refractivity contribution is 6.36. The average molecular weight is 182 g/mol. The second-order valence-corrected chi connectivity index (χ2v) is 3.14. The van der Waals surface area contributed by atoms with Crippen molar-refractivity contribution in [3.8, 4) is 0 Å². The lowest BCUT2D eigenvalue weighted by Gasteiger charge is -2.00. The molecule has 2 nitrogen and oxygen atoms in total. The summed E-state index contributed by atoms with van der Waals surface area (Å²) >= 11 is 6.02. The van der Waals surface area contributed by atoms with Crippen molar-refractivity contribution in [2.75, 3.05) is 5.73 Å². The molecule has 2 rings (SSSR count). The number of aryl methyl sites for hydroxylation is 1. The van der Waals surface area contributed by atoms with E-state index >= 15 is 0 Å². The summed E-state index contributed by atoms with van der Waals surface area (Å²) in [5, 5.41) is 1.60. The van der Waals surface area contributed by atoms with Crippen molar-refractivity contribution in [3.63, 3.8) is 0 Å². The third-order valence-corrected chi connectivity index (χ3v) is 2.38. The normalized spacial score (nSPS) is 10.8. The van der Waals surface area contributed by atoms with Crippen molar-refractivity contribution in [1.29, 1.82) is 0 Å². The van der Waals surface area contributed by atoms with Crippen LogP contribution in [-0.4, -0.2) is 0 Å². The second-order valence-electron chi connectivity index (χ2n) is 2.76. The van der Waals surface area contributed by atoms with Gasteiger partial charge in [-0.05, 0) is 24.6 Å². The zero-order valence-electron chi connectivity index (χ0n) is 6.60. The number of halogens is 1. The first-order valence-electron chi connectivity index (χ1n) is 3.62. The first-order chi connectivity index (χ1) is 5.70. The minimum Gasteiger partial charge on any atom is -0.462 e. The average Bonchev–Trinajstić information content (AvgIpc) is 2.48. The molecule has 0 unspecified atom stereocenters. The standard InChI is InChI=1S/C9H8ClNO/c1-5-4-7(11)9-6(8(5)10)2-3-12-9/h2-4H,11H2,1H3. The number of benzene rings is 1. The van der Waals surface area contributed by atoms with Gasteiger partial charge in [-0.15, -0.1) is 0 Å². The minimum atomic E-state index is 0.636. The molecule has 3 heteroatoms. The van der Waals surface area contributed by atoms with Crippen molar-refractivity contribution >= 4 is 28.3 Å². The van der Waals surface area contributed by atoms with Crippen molar-refractivity contribution in [2.45, 2.75) is 6.92 Å². The number of rotatable bonds is 0. The molecule has 0 radical (unpaired) electrons. The van der Waals surface area contributed by atoms with Crippen LogP contribution in [-0.2, 0) is 0 Å². The quantitative estimate of drug-likeness (QED) is 0.635. The Kier molecular flexibility index (Phi) is 1.51. The zero-order valence-corrected chi connectivity index (χ0v) is 7.35. The van der Waals surface area contributed by atoms with Crippen molar-refractivity contribution in [1.82, 2.24) is 0 Å². The Labute approximate surface area is 74.9 Å². The third kappa shape index (κ3) is 0.883. The molecule has 0 fully saturated rings. The van der Waals surface area contributed by atoms with Gasteiger partial charge in [0.05, 0.1) is 17.0 Å². The second kappa shape index (κ2) is 2.42. The van der Waals surface area contributed by atoms with Crippen molar-refractivity contribution in [3.05, 3.63) is 29.0 Å². The molecule has 62 valence electrons. The Morgan fingerprint density at radius 1 is 1.50 bits per heavy atom. The lowest BCUT2D eigenvalue weighted by molar-refractivity contribution is 0.617. The predicted molar refractivity (Wildman–Crippen MR) is 50.4 cm³/mol. The van der Waals surface area contributed by atoms with Crippen LogP contribution in [0.3, 0.4) is 0 Å². The summed E-state index contributed by atoms with van der Waals surface area (Å²) in [5.74, 6) is 0. The van der Waals surface area contributed by atoms with Crippen LogP contribution in [0.15, 0.2) is 22.8 Å². The van der Waals surface area contributed by atoms with Crippen LogP contribution in [0, 0.1) is 6.92 Å². The maximum atomic E-state index is 6.02. The number of anilines is 1. The van der Waals surface area contributed by atoms with Gasteiger partial charge in [-0.2, -0.15) is 0 Å². The molecule has 0 spiro atoms. The highest BCUT2D eigenvalue weighted by Crippen LogP contribution is 2.31. The van der Waals surface area contributed by atoms with Gasteiger partial charge in [-0.1, -0.05) is 11.6 Å². The molecule has 0 saturated heterocycles. The largest absolute Gasteiger partial charge is 0.462 e. The van der Waals surface area contributed by atoms with Gasteiger partial charge in [-0.25, -0.2) is 0 Å². The van der Waals surface area contributed by atoms with Crippen molar-refractivity contribution < 1.29 is 4.42 Å². The van der Waals surface area contributed by atoms with E-state index in [2.05, 4.69) is 0 Å². The summed E-state index contributed by atoms with van der Waals surface area (Å²) in [7, 11) is 0. The fourth-order valence-corrected chi connectivity index (χ4v) is 1.48. The van der Waals surface area contributed by atoms with Crippen LogP contribution in [0.1, 0.15) is 5.56 Å². The Morgan fingerprint density at radius 2 is 2.25 bits per heavy atom. The van der Waals surface area contributed by atoms with Crippen LogP contribution in [0.4, 0.5) is 5.69 Å². The number of fused-ring (bicyclic) bond motifs is 1. The molecule has 0 amide bonds. The summed E-state index contributed by atoms with van der Waals surface area (Å²) in [6.07, 6.45) is 1.59. The summed E-state index contributed by atoms with van der Waals surface area (Å²) in [6, 6.07) is 3.63. The number of furan rings is 1. The topological polar surface area (TPSA) is 39.2 Å². The zero-order chi connectivity index (χ0) is 8.72. The molecule has 0 atom stereocenters. The first kappa shape index (κ1) is 7.50. The highest BCUT2D eigenvalue weighted by atomic mass is 35.5. The highest BCUT2D eigenvalue weighted by Gasteiger charge is 2.07. The Balaban J connectivity index is 2.97. The van der Waals surface area contributed by atoms with Gasteiger partial charge in [0.1, 0.15) is 0 Å². The van der Waals surface area contributed by atoms with Gasteiger partial charge in [-0.3, -0.25) is 0 Å². The Morgan fingerprint density at radius 3 is 3.00 bits per heavy atom. The van der Waals surface area contributed by atoms with Gasteiger partial charge in [0, 0.05) is 5.39 Å². The molecule has 0 aliphatic carbocycles. The van der Waals surface area contributed by atoms with Crippen LogP contribution < -0.4 is 5.73 Å². The first-order valence-corrected chi connectivity index (χ1v) is 3.99. The third-order valence-electron chi connectivity index (χ3n) is 1.88. The van der Waals surface area contributed by atoms with Crippen molar-refractivity contribution in [2.24, 2.45) is 0 Å². The van der Waals surface area contributed by atoms with E-state index in [1.54, 1.807) is 6.26 Å². The van der Waals surface area contributed by atoms with Crippen LogP contribution >= 0.6 is 11.6 Å². The number of hydrogen-bond acceptors (Lipinski definition) is 2. The molecule has 0 saturated carbocycles. The Hall–Kier alpha value is -1.15. The van der Waals surface area contributed by atoms with Gasteiger partial charge in [0.15, 0.2) is 5.58 Å². The van der Waals surface area contributed by atoms with Gasteiger partial charge >= 0.3 is 0 Å². The maximum Gasteiger partial charge on any atom is 0.158 e. The summed E-state index contributed by atoms with van der Waals surface area (Å²) < 4.78 is 5.18. The van der Waals surface area contributed by atoms with Crippen LogP contribution in [0.2, 0.25) is 5.02 Å². The van der Waals surface area contributed by atoms with Crippen LogP contribution in [0.5, 0.6) is 0 Å². The van der Waals surface area contributed by atoms with Gasteiger partial charge in [0.25, 0.3) is 0 Å². The maximum absolute atomic E-state index is 6.02. The molecule has 2 N–H and O–H groups in total. The molecule has 0 bridgehead atoms. The summed E-state index contributed by atoms with van der Waals surface area (Å²) in [4.78, 5) is 0. The number of hydrogen-bond donors (Lipinski definition) is 1. The minimum absolute atomic E-state index is 0.636. The monoisotopic (exact) mass is 181 g/mol. The summed E-state index contributed by atoms with van der Waals surface area (Å²) in [6.45, 7) is 1.92. The molecular formula is C9H8ClNO. The van der Waals surface area contributed by atoms with Gasteiger partial charge < -0.3 is 10.2 Å². The molecule has 2 aromatic rings. The fraction of sp³-hybridized carbons (Fsp3) is 0.111. The number of nitrogens with two attached hydrogens (primary N) is 1. The lowest BCUT2D eigenvalue weighted by atomic mass is 10.1. The molecule has 1 aromatic heterocycles. The molecule has 1 aromatic carbocycles. The van der Waals surface area contributed by atoms with Gasteiger partial charge in [0.2, 0.25) is 0 Å². The van der Waals surface area contributed by atoms with E-state index < -0.39 is 0 Å². The molecular weight excluding hydrogens is 174 g/mol. The lowest BCUT2D eigenvalue weighted by Crippen LogP contribution is -1.87. The molecule has 0 aliphatic rings. The van der Waals surface area contributed by atoms with E-state index in [-0.39, 0.29) is 0 Å².